The van der Waals surface area contributed by atoms with Gasteiger partial charge in [-0.1, -0.05) is 0 Å². The van der Waals surface area contributed by atoms with Gasteiger partial charge in [-0.15, -0.1) is 0 Å². The summed E-state index contributed by atoms with van der Waals surface area (Å²) in [5.74, 6) is -2.56. The molecule has 1 unspecified atom stereocenters. The zero-order chi connectivity index (χ0) is 11.6. The number of carbonyl (C=O) groups is 1. The molecule has 0 saturated heterocycles. The average molecular weight is 247 g/mol. The van der Waals surface area contributed by atoms with Gasteiger partial charge in [-0.3, -0.25) is 13.9 Å². The lowest BCUT2D eigenvalue weighted by Crippen LogP contribution is -2.34. The van der Waals surface area contributed by atoms with Gasteiger partial charge in [-0.25, -0.2) is 0 Å². The maximum atomic E-state index is 10.8. The van der Waals surface area contributed by atoms with Crippen molar-refractivity contribution in [3.05, 3.63) is 0 Å². The van der Waals surface area contributed by atoms with Crippen molar-refractivity contribution < 1.29 is 33.5 Å². The Kier molecular flexibility index (Phi) is 4.45. The largest absolute Gasteiger partial charge is 0.347 e. The Morgan fingerprint density at radius 2 is 1.71 bits per heavy atom. The highest BCUT2D eigenvalue weighted by Crippen LogP contribution is 2.39. The Morgan fingerprint density at radius 1 is 1.29 bits per heavy atom. The SMILES string of the molecule is CC(NC(=O)CP(=O)(O)O)P(=O)(O)O. The van der Waals surface area contributed by atoms with Crippen LogP contribution < -0.4 is 5.32 Å². The Balaban J connectivity index is 4.23. The molecule has 0 saturated carbocycles. The standard InChI is InChI=1S/C4H11NO7P2/c1-3(14(10,11)12)5-4(6)2-13(7,8)9/h3H,2H2,1H3,(H,5,6)(H2,7,8,9)(H2,10,11,12). The van der Waals surface area contributed by atoms with Gasteiger partial charge in [0.2, 0.25) is 5.91 Å². The summed E-state index contributed by atoms with van der Waals surface area (Å²) in [5, 5.41) is 1.78. The fourth-order valence-corrected chi connectivity index (χ4v) is 1.33. The molecule has 1 atom stereocenters. The van der Waals surface area contributed by atoms with E-state index >= 15 is 0 Å². The number of nitrogens with one attached hydrogen (secondary N) is 1. The zero-order valence-electron chi connectivity index (χ0n) is 7.19. The summed E-state index contributed by atoms with van der Waals surface area (Å²) in [6.45, 7) is 1.04. The fraction of sp³-hybridized carbons (Fsp3) is 0.750. The van der Waals surface area contributed by atoms with Crippen LogP contribution in [0.1, 0.15) is 6.92 Å². The minimum absolute atomic E-state index is 1.04. The van der Waals surface area contributed by atoms with E-state index in [2.05, 4.69) is 0 Å². The van der Waals surface area contributed by atoms with Gasteiger partial charge >= 0.3 is 15.2 Å². The predicted octanol–water partition coefficient (Wildman–Crippen LogP) is -1.20. The molecular formula is C4H11NO7P2. The van der Waals surface area contributed by atoms with Gasteiger partial charge in [0.05, 0.1) is 0 Å². The van der Waals surface area contributed by atoms with E-state index in [0.29, 0.717) is 0 Å². The zero-order valence-corrected chi connectivity index (χ0v) is 8.98. The summed E-state index contributed by atoms with van der Waals surface area (Å²) in [5.41, 5.74) is 0. The molecule has 1 amide bonds. The normalized spacial score (nSPS) is 14.9. The molecule has 0 aliphatic rings. The van der Waals surface area contributed by atoms with E-state index < -0.39 is 33.0 Å². The number of amides is 1. The Hall–Kier alpha value is -0.230. The van der Waals surface area contributed by atoms with E-state index in [9.17, 15) is 13.9 Å². The highest BCUT2D eigenvalue weighted by atomic mass is 31.2. The fourth-order valence-electron chi connectivity index (χ4n) is 0.550. The van der Waals surface area contributed by atoms with Gasteiger partial charge < -0.3 is 24.9 Å². The first kappa shape index (κ1) is 13.8. The van der Waals surface area contributed by atoms with Crippen LogP contribution >= 0.6 is 15.2 Å². The van der Waals surface area contributed by atoms with E-state index in [0.717, 1.165) is 6.92 Å². The third-order valence-electron chi connectivity index (χ3n) is 1.22. The molecule has 0 bridgehead atoms. The number of hydrogen-bond acceptors (Lipinski definition) is 3. The third-order valence-corrected chi connectivity index (χ3v) is 3.06. The summed E-state index contributed by atoms with van der Waals surface area (Å²) in [4.78, 5) is 44.6. The van der Waals surface area contributed by atoms with Crippen molar-refractivity contribution in [2.75, 3.05) is 6.16 Å². The lowest BCUT2D eigenvalue weighted by atomic mass is 10.6. The van der Waals surface area contributed by atoms with Crippen LogP contribution in [0.2, 0.25) is 0 Å². The second-order valence-corrected chi connectivity index (χ2v) is 6.25. The molecule has 0 rings (SSSR count). The van der Waals surface area contributed by atoms with E-state index in [1.54, 1.807) is 5.32 Å². The summed E-state index contributed by atoms with van der Waals surface area (Å²) in [7, 11) is -8.96. The highest BCUT2D eigenvalue weighted by molar-refractivity contribution is 7.53. The Bertz CT molecular complexity index is 303. The molecule has 5 N–H and O–H groups in total. The molecule has 0 heterocycles. The molecule has 0 fully saturated rings. The van der Waals surface area contributed by atoms with Gasteiger partial charge in [0, 0.05) is 0 Å². The lowest BCUT2D eigenvalue weighted by Gasteiger charge is -2.15. The van der Waals surface area contributed by atoms with E-state index in [4.69, 9.17) is 19.6 Å². The van der Waals surface area contributed by atoms with Gasteiger partial charge in [0.1, 0.15) is 11.9 Å². The molecule has 0 aliphatic carbocycles. The summed E-state index contributed by atoms with van der Waals surface area (Å²) in [6.07, 6.45) is -1.09. The average Bonchev–Trinajstić information content (AvgIpc) is 1.79. The van der Waals surface area contributed by atoms with Crippen LogP contribution in [-0.4, -0.2) is 37.4 Å². The number of carbonyl (C=O) groups excluding carboxylic acids is 1. The van der Waals surface area contributed by atoms with Crippen molar-refractivity contribution >= 4 is 21.1 Å². The van der Waals surface area contributed by atoms with Gasteiger partial charge in [-0.2, -0.15) is 0 Å². The molecule has 10 heteroatoms. The Morgan fingerprint density at radius 3 is 2.00 bits per heavy atom. The van der Waals surface area contributed by atoms with Crippen LogP contribution in [0.3, 0.4) is 0 Å². The first-order valence-electron chi connectivity index (χ1n) is 3.41. The molecular weight excluding hydrogens is 236 g/mol. The highest BCUT2D eigenvalue weighted by Gasteiger charge is 2.27. The molecule has 0 spiro atoms. The van der Waals surface area contributed by atoms with Gasteiger partial charge in [0.25, 0.3) is 0 Å². The smallest absolute Gasteiger partial charge is 0.342 e. The van der Waals surface area contributed by atoms with E-state index in [1.165, 1.54) is 0 Å². The van der Waals surface area contributed by atoms with Crippen molar-refractivity contribution in [1.82, 2.24) is 5.32 Å². The van der Waals surface area contributed by atoms with E-state index in [-0.39, 0.29) is 0 Å². The number of hydrogen-bond donors (Lipinski definition) is 5. The first-order chi connectivity index (χ1) is 6.02. The lowest BCUT2D eigenvalue weighted by molar-refractivity contribution is -0.119. The summed E-state index contributed by atoms with van der Waals surface area (Å²) < 4.78 is 20.8. The summed E-state index contributed by atoms with van der Waals surface area (Å²) in [6, 6.07) is 0. The first-order valence-corrected chi connectivity index (χ1v) is 6.89. The third kappa shape index (κ3) is 6.26. The molecule has 0 aromatic heterocycles. The molecule has 0 aliphatic heterocycles. The van der Waals surface area contributed by atoms with Crippen LogP contribution in [0, 0.1) is 0 Å². The maximum Gasteiger partial charge on any atom is 0.347 e. The van der Waals surface area contributed by atoms with Crippen molar-refractivity contribution in [2.45, 2.75) is 12.7 Å². The minimum Gasteiger partial charge on any atom is -0.342 e. The van der Waals surface area contributed by atoms with Crippen molar-refractivity contribution in [3.8, 4) is 0 Å². The van der Waals surface area contributed by atoms with Gasteiger partial charge in [0.15, 0.2) is 0 Å². The minimum atomic E-state index is -4.50. The molecule has 8 nitrogen and oxygen atoms in total. The Labute approximate surface area is 79.6 Å². The molecule has 0 radical (unpaired) electrons. The summed E-state index contributed by atoms with van der Waals surface area (Å²) >= 11 is 0. The number of rotatable bonds is 4. The monoisotopic (exact) mass is 247 g/mol. The van der Waals surface area contributed by atoms with Gasteiger partial charge in [-0.05, 0) is 6.92 Å². The maximum absolute atomic E-state index is 10.8. The van der Waals surface area contributed by atoms with Crippen LogP contribution in [0.15, 0.2) is 0 Å². The van der Waals surface area contributed by atoms with E-state index in [1.807, 2.05) is 0 Å². The van der Waals surface area contributed by atoms with Crippen molar-refractivity contribution in [2.24, 2.45) is 0 Å². The van der Waals surface area contributed by atoms with Crippen molar-refractivity contribution in [1.29, 1.82) is 0 Å². The quantitative estimate of drug-likeness (QED) is 0.392. The van der Waals surface area contributed by atoms with Crippen LogP contribution in [-0.2, 0) is 13.9 Å². The van der Waals surface area contributed by atoms with Crippen LogP contribution in [0.5, 0.6) is 0 Å². The molecule has 0 aromatic carbocycles. The van der Waals surface area contributed by atoms with Crippen LogP contribution in [0.4, 0.5) is 0 Å². The second kappa shape index (κ2) is 4.53. The molecule has 0 aromatic rings. The van der Waals surface area contributed by atoms with Crippen molar-refractivity contribution in [3.63, 3.8) is 0 Å². The van der Waals surface area contributed by atoms with Crippen LogP contribution in [0.25, 0.3) is 0 Å². The second-order valence-electron chi connectivity index (χ2n) is 2.66. The molecule has 84 valence electrons. The topological polar surface area (TPSA) is 144 Å². The predicted molar refractivity (Wildman–Crippen MR) is 46.6 cm³/mol. The molecule has 14 heavy (non-hydrogen) atoms.